The van der Waals surface area contributed by atoms with E-state index in [1.807, 2.05) is 0 Å². The van der Waals surface area contributed by atoms with E-state index >= 15 is 0 Å². The zero-order valence-electron chi connectivity index (χ0n) is 9.33. The van der Waals surface area contributed by atoms with Crippen LogP contribution >= 0.6 is 11.6 Å². The number of fused-ring (bicyclic) bond motifs is 2. The van der Waals surface area contributed by atoms with Gasteiger partial charge in [-0.15, -0.1) is 0 Å². The molecule has 0 aromatic heterocycles. The molecule has 0 nitrogen and oxygen atoms in total. The third-order valence-corrected chi connectivity index (χ3v) is 4.50. The van der Waals surface area contributed by atoms with Crippen molar-refractivity contribution in [2.24, 2.45) is 0 Å². The third kappa shape index (κ3) is 1.27. The first kappa shape index (κ1) is 9.72. The molecule has 1 aromatic carbocycles. The summed E-state index contributed by atoms with van der Waals surface area (Å²) in [6.07, 6.45) is 8.79. The van der Waals surface area contributed by atoms with Gasteiger partial charge in [0, 0.05) is 5.02 Å². The molecule has 2 aliphatic carbocycles. The second kappa shape index (κ2) is 3.52. The van der Waals surface area contributed by atoms with Crippen LogP contribution in [0.1, 0.15) is 47.6 Å². The van der Waals surface area contributed by atoms with E-state index in [4.69, 9.17) is 11.6 Å². The summed E-state index contributed by atoms with van der Waals surface area (Å²) in [5.41, 5.74) is 7.87. The Kier molecular flexibility index (Phi) is 2.28. The van der Waals surface area contributed by atoms with Crippen LogP contribution in [0, 0.1) is 0 Å². The van der Waals surface area contributed by atoms with Crippen LogP contribution in [-0.2, 0) is 32.1 Å². The van der Waals surface area contributed by atoms with Crippen LogP contribution in [0.5, 0.6) is 0 Å². The SMILES string of the molecule is CCc1c2c(c(Cl)c3c1CCC3)CCC2. The van der Waals surface area contributed by atoms with E-state index in [0.717, 1.165) is 5.02 Å². The van der Waals surface area contributed by atoms with Gasteiger partial charge in [0.2, 0.25) is 0 Å². The van der Waals surface area contributed by atoms with Crippen LogP contribution in [0.25, 0.3) is 0 Å². The molecule has 0 N–H and O–H groups in total. The van der Waals surface area contributed by atoms with Gasteiger partial charge in [-0.2, -0.15) is 0 Å². The summed E-state index contributed by atoms with van der Waals surface area (Å²) < 4.78 is 0. The van der Waals surface area contributed by atoms with Gasteiger partial charge in [-0.3, -0.25) is 0 Å². The highest BCUT2D eigenvalue weighted by Gasteiger charge is 2.26. The molecule has 3 rings (SSSR count). The molecule has 0 bridgehead atoms. The van der Waals surface area contributed by atoms with E-state index < -0.39 is 0 Å². The lowest BCUT2D eigenvalue weighted by Crippen LogP contribution is -2.01. The summed E-state index contributed by atoms with van der Waals surface area (Å²) >= 11 is 6.53. The fourth-order valence-corrected chi connectivity index (χ4v) is 3.85. The van der Waals surface area contributed by atoms with E-state index in [9.17, 15) is 0 Å². The summed E-state index contributed by atoms with van der Waals surface area (Å²) in [6, 6.07) is 0. The van der Waals surface area contributed by atoms with Crippen molar-refractivity contribution in [3.05, 3.63) is 32.8 Å². The van der Waals surface area contributed by atoms with E-state index in [2.05, 4.69) is 6.92 Å². The standard InChI is InChI=1S/C14H17Cl/c1-2-9-10-5-3-7-12(10)14(15)13-8-4-6-11(9)13/h2-8H2,1H3. The Balaban J connectivity index is 2.31. The van der Waals surface area contributed by atoms with Gasteiger partial charge >= 0.3 is 0 Å². The van der Waals surface area contributed by atoms with Gasteiger partial charge < -0.3 is 0 Å². The molecule has 0 amide bonds. The van der Waals surface area contributed by atoms with Crippen molar-refractivity contribution in [3.63, 3.8) is 0 Å². The van der Waals surface area contributed by atoms with Gasteiger partial charge in [0.1, 0.15) is 0 Å². The molecule has 0 aliphatic heterocycles. The number of hydrogen-bond donors (Lipinski definition) is 0. The Bertz CT molecular complexity index is 383. The van der Waals surface area contributed by atoms with Gasteiger partial charge in [-0.25, -0.2) is 0 Å². The number of rotatable bonds is 1. The minimum Gasteiger partial charge on any atom is -0.0837 e. The molecule has 80 valence electrons. The lowest BCUT2D eigenvalue weighted by atomic mass is 9.92. The predicted octanol–water partition coefficient (Wildman–Crippen LogP) is 3.88. The van der Waals surface area contributed by atoms with Crippen LogP contribution in [0.15, 0.2) is 0 Å². The highest BCUT2D eigenvalue weighted by Crippen LogP contribution is 2.41. The summed E-state index contributed by atoms with van der Waals surface area (Å²) in [5.74, 6) is 0. The van der Waals surface area contributed by atoms with Crippen molar-refractivity contribution < 1.29 is 0 Å². The first-order chi connectivity index (χ1) is 7.33. The predicted molar refractivity (Wildman–Crippen MR) is 64.9 cm³/mol. The largest absolute Gasteiger partial charge is 0.0837 e. The summed E-state index contributed by atoms with van der Waals surface area (Å²) in [4.78, 5) is 0. The minimum atomic E-state index is 1.13. The second-order valence-corrected chi connectivity index (χ2v) is 5.15. The van der Waals surface area contributed by atoms with Gasteiger partial charge in [0.05, 0.1) is 0 Å². The fourth-order valence-electron chi connectivity index (χ4n) is 3.43. The van der Waals surface area contributed by atoms with Gasteiger partial charge in [-0.05, 0) is 72.8 Å². The maximum absolute atomic E-state index is 6.53. The molecule has 0 fully saturated rings. The number of halogens is 1. The van der Waals surface area contributed by atoms with Crippen molar-refractivity contribution in [1.82, 2.24) is 0 Å². The molecule has 0 spiro atoms. The Morgan fingerprint density at radius 2 is 1.33 bits per heavy atom. The van der Waals surface area contributed by atoms with Gasteiger partial charge in [0.25, 0.3) is 0 Å². The van der Waals surface area contributed by atoms with Crippen LogP contribution in [-0.4, -0.2) is 0 Å². The fraction of sp³-hybridized carbons (Fsp3) is 0.571. The average Bonchev–Trinajstić information content (AvgIpc) is 2.85. The normalized spacial score (nSPS) is 18.0. The summed E-state index contributed by atoms with van der Waals surface area (Å²) in [5, 5.41) is 1.13. The monoisotopic (exact) mass is 220 g/mol. The topological polar surface area (TPSA) is 0 Å². The first-order valence-corrected chi connectivity index (χ1v) is 6.54. The second-order valence-electron chi connectivity index (χ2n) is 4.77. The zero-order valence-corrected chi connectivity index (χ0v) is 10.1. The van der Waals surface area contributed by atoms with E-state index in [0.29, 0.717) is 0 Å². The van der Waals surface area contributed by atoms with Crippen LogP contribution in [0.2, 0.25) is 5.02 Å². The van der Waals surface area contributed by atoms with Gasteiger partial charge in [0.15, 0.2) is 0 Å². The Labute approximate surface area is 96.6 Å². The third-order valence-electron chi connectivity index (χ3n) is 4.05. The molecular weight excluding hydrogens is 204 g/mol. The number of benzene rings is 1. The summed E-state index contributed by atoms with van der Waals surface area (Å²) in [6.45, 7) is 2.29. The molecule has 2 aliphatic rings. The molecule has 1 aromatic rings. The molecule has 15 heavy (non-hydrogen) atoms. The summed E-state index contributed by atoms with van der Waals surface area (Å²) in [7, 11) is 0. The minimum absolute atomic E-state index is 1.13. The van der Waals surface area contributed by atoms with Crippen LogP contribution in [0.3, 0.4) is 0 Å². The van der Waals surface area contributed by atoms with Crippen molar-refractivity contribution in [2.45, 2.75) is 51.9 Å². The highest BCUT2D eigenvalue weighted by atomic mass is 35.5. The molecule has 0 atom stereocenters. The first-order valence-electron chi connectivity index (χ1n) is 6.16. The van der Waals surface area contributed by atoms with Crippen molar-refractivity contribution in [3.8, 4) is 0 Å². The molecular formula is C14H17Cl. The van der Waals surface area contributed by atoms with E-state index in [1.54, 1.807) is 16.7 Å². The number of hydrogen-bond acceptors (Lipinski definition) is 0. The quantitative estimate of drug-likeness (QED) is 0.674. The average molecular weight is 221 g/mol. The lowest BCUT2D eigenvalue weighted by Gasteiger charge is -2.15. The molecule has 0 radical (unpaired) electrons. The zero-order chi connectivity index (χ0) is 10.4. The van der Waals surface area contributed by atoms with Crippen molar-refractivity contribution >= 4 is 11.6 Å². The maximum Gasteiger partial charge on any atom is 0.0475 e. The molecule has 0 saturated heterocycles. The molecule has 0 heterocycles. The lowest BCUT2D eigenvalue weighted by molar-refractivity contribution is 0.885. The highest BCUT2D eigenvalue weighted by molar-refractivity contribution is 6.32. The van der Waals surface area contributed by atoms with E-state index in [-0.39, 0.29) is 0 Å². The van der Waals surface area contributed by atoms with Crippen molar-refractivity contribution in [2.75, 3.05) is 0 Å². The van der Waals surface area contributed by atoms with E-state index in [1.165, 1.54) is 56.1 Å². The van der Waals surface area contributed by atoms with Crippen molar-refractivity contribution in [1.29, 1.82) is 0 Å². The smallest absolute Gasteiger partial charge is 0.0475 e. The Morgan fingerprint density at radius 1 is 0.867 bits per heavy atom. The van der Waals surface area contributed by atoms with Gasteiger partial charge in [-0.1, -0.05) is 18.5 Å². The van der Waals surface area contributed by atoms with Crippen LogP contribution in [0.4, 0.5) is 0 Å². The van der Waals surface area contributed by atoms with Crippen LogP contribution < -0.4 is 0 Å². The Hall–Kier alpha value is -0.490. The molecule has 0 unspecified atom stereocenters. The molecule has 1 heteroatoms. The maximum atomic E-state index is 6.53. The molecule has 0 saturated carbocycles. The Morgan fingerprint density at radius 3 is 1.80 bits per heavy atom.